The normalized spacial score (nSPS) is 11.6. The number of carboxylic acids is 1. The van der Waals surface area contributed by atoms with Crippen LogP contribution < -0.4 is 15.9 Å². The van der Waals surface area contributed by atoms with Crippen molar-refractivity contribution in [1.29, 1.82) is 0 Å². The number of aromatic amines is 1. The van der Waals surface area contributed by atoms with Gasteiger partial charge in [-0.1, -0.05) is 35.3 Å². The molecule has 1 amide bonds. The smallest absolute Gasteiger partial charge is 0.336 e. The monoisotopic (exact) mass is 460 g/mol. The summed E-state index contributed by atoms with van der Waals surface area (Å²) < 4.78 is 5.14. The number of halogens is 2. The Morgan fingerprint density at radius 1 is 1.10 bits per heavy atom. The first kappa shape index (κ1) is 21.9. The van der Waals surface area contributed by atoms with Gasteiger partial charge in [0.1, 0.15) is 5.69 Å². The van der Waals surface area contributed by atoms with E-state index < -0.39 is 17.8 Å². The van der Waals surface area contributed by atoms with Gasteiger partial charge in [-0.15, -0.1) is 0 Å². The third-order valence-corrected chi connectivity index (χ3v) is 4.57. The number of carboxylic acid groups (broad SMARTS) is 1. The van der Waals surface area contributed by atoms with E-state index in [2.05, 4.69) is 15.5 Å². The Hall–Kier alpha value is -3.82. The van der Waals surface area contributed by atoms with Crippen molar-refractivity contribution in [2.45, 2.75) is 0 Å². The summed E-state index contributed by atoms with van der Waals surface area (Å²) in [6.45, 7) is 0. The van der Waals surface area contributed by atoms with Crippen LogP contribution in [0.15, 0.2) is 59.7 Å². The summed E-state index contributed by atoms with van der Waals surface area (Å²) in [6, 6.07) is 11.2. The number of amides is 1. The number of H-pyrrole nitrogens is 1. The highest BCUT2D eigenvalue weighted by Crippen LogP contribution is 2.34. The van der Waals surface area contributed by atoms with E-state index in [0.29, 0.717) is 27.6 Å². The standard InChI is InChI=1S/C20H14Cl2N4O5/c21-12-4-2-1-3-10(12)19(23)25-26-20(30)15-9-11-14(24-15)6-5-13(22)18(11)31-17(29)8-7-16(27)28/h1-9,24H,(H2,23,25)(H,26,30)(H,27,28)/b8-7-. The van der Waals surface area contributed by atoms with Gasteiger partial charge < -0.3 is 20.6 Å². The molecule has 0 unspecified atom stereocenters. The zero-order valence-electron chi connectivity index (χ0n) is 15.6. The maximum absolute atomic E-state index is 12.5. The summed E-state index contributed by atoms with van der Waals surface area (Å²) in [5.41, 5.74) is 9.16. The lowest BCUT2D eigenvalue weighted by atomic mass is 10.2. The summed E-state index contributed by atoms with van der Waals surface area (Å²) in [7, 11) is 0. The quantitative estimate of drug-likeness (QED) is 0.111. The average Bonchev–Trinajstić information content (AvgIpc) is 3.17. The molecular weight excluding hydrogens is 447 g/mol. The highest BCUT2D eigenvalue weighted by atomic mass is 35.5. The second kappa shape index (κ2) is 9.33. The third-order valence-electron chi connectivity index (χ3n) is 3.94. The molecule has 1 heterocycles. The first-order valence-corrected chi connectivity index (χ1v) is 9.34. The summed E-state index contributed by atoms with van der Waals surface area (Å²) in [4.78, 5) is 37.7. The number of ether oxygens (including phenoxy) is 1. The van der Waals surface area contributed by atoms with Gasteiger partial charge in [-0.3, -0.25) is 4.79 Å². The second-order valence-electron chi connectivity index (χ2n) is 6.03. The molecule has 0 aliphatic heterocycles. The van der Waals surface area contributed by atoms with Gasteiger partial charge in [0.25, 0.3) is 5.91 Å². The zero-order valence-corrected chi connectivity index (χ0v) is 17.1. The number of nitrogens with two attached hydrogens (primary N) is 1. The van der Waals surface area contributed by atoms with Gasteiger partial charge in [0.05, 0.1) is 10.0 Å². The average molecular weight is 461 g/mol. The van der Waals surface area contributed by atoms with Crippen LogP contribution in [0.4, 0.5) is 0 Å². The molecule has 0 fully saturated rings. The molecule has 3 aromatic rings. The first-order valence-electron chi connectivity index (χ1n) is 8.58. The van der Waals surface area contributed by atoms with Crippen molar-refractivity contribution < 1.29 is 24.2 Å². The number of aromatic nitrogens is 1. The number of hydrazone groups is 1. The molecule has 9 nitrogen and oxygen atoms in total. The van der Waals surface area contributed by atoms with Crippen LogP contribution >= 0.6 is 23.2 Å². The fourth-order valence-corrected chi connectivity index (χ4v) is 2.99. The lowest BCUT2D eigenvalue weighted by molar-refractivity contribution is -0.133. The Morgan fingerprint density at radius 2 is 1.84 bits per heavy atom. The molecule has 0 atom stereocenters. The lowest BCUT2D eigenvalue weighted by Crippen LogP contribution is -2.24. The Bertz CT molecular complexity index is 1250. The molecule has 11 heteroatoms. The van der Waals surface area contributed by atoms with E-state index in [0.717, 1.165) is 6.08 Å². The van der Waals surface area contributed by atoms with Gasteiger partial charge in [-0.2, -0.15) is 5.10 Å². The van der Waals surface area contributed by atoms with E-state index in [-0.39, 0.29) is 22.3 Å². The number of esters is 1. The highest BCUT2D eigenvalue weighted by molar-refractivity contribution is 6.34. The Labute approximate surface area is 185 Å². The molecule has 31 heavy (non-hydrogen) atoms. The number of fused-ring (bicyclic) bond motifs is 1. The van der Waals surface area contributed by atoms with Gasteiger partial charge in [0.15, 0.2) is 11.6 Å². The molecule has 0 spiro atoms. The number of amidine groups is 1. The Morgan fingerprint density at radius 3 is 2.55 bits per heavy atom. The van der Waals surface area contributed by atoms with Crippen LogP contribution in [0.1, 0.15) is 16.1 Å². The van der Waals surface area contributed by atoms with Crippen molar-refractivity contribution in [3.8, 4) is 5.75 Å². The van der Waals surface area contributed by atoms with Crippen molar-refractivity contribution in [2.24, 2.45) is 10.8 Å². The van der Waals surface area contributed by atoms with E-state index >= 15 is 0 Å². The van der Waals surface area contributed by atoms with E-state index in [1.54, 1.807) is 30.3 Å². The second-order valence-corrected chi connectivity index (χ2v) is 6.85. The largest absolute Gasteiger partial charge is 0.478 e. The fourth-order valence-electron chi connectivity index (χ4n) is 2.55. The number of aliphatic carboxylic acids is 1. The number of nitrogens with zero attached hydrogens (tertiary/aromatic N) is 1. The van der Waals surface area contributed by atoms with Crippen molar-refractivity contribution in [1.82, 2.24) is 10.4 Å². The van der Waals surface area contributed by atoms with Crippen LogP contribution in [0.3, 0.4) is 0 Å². The molecule has 158 valence electrons. The van der Waals surface area contributed by atoms with Crippen molar-refractivity contribution in [3.63, 3.8) is 0 Å². The predicted molar refractivity (Wildman–Crippen MR) is 115 cm³/mol. The van der Waals surface area contributed by atoms with Crippen LogP contribution in [0.2, 0.25) is 10.0 Å². The number of hydrogen-bond donors (Lipinski definition) is 4. The van der Waals surface area contributed by atoms with Crippen LogP contribution in [0.5, 0.6) is 5.75 Å². The topological polar surface area (TPSA) is 147 Å². The maximum atomic E-state index is 12.5. The summed E-state index contributed by atoms with van der Waals surface area (Å²) in [5, 5.41) is 13.2. The molecule has 2 aromatic carbocycles. The van der Waals surface area contributed by atoms with Crippen LogP contribution in [0.25, 0.3) is 10.9 Å². The molecule has 0 radical (unpaired) electrons. The van der Waals surface area contributed by atoms with E-state index in [9.17, 15) is 14.4 Å². The molecule has 0 saturated heterocycles. The van der Waals surface area contributed by atoms with Gasteiger partial charge >= 0.3 is 11.9 Å². The van der Waals surface area contributed by atoms with Crippen LogP contribution in [-0.2, 0) is 9.59 Å². The predicted octanol–water partition coefficient (Wildman–Crippen LogP) is 3.07. The van der Waals surface area contributed by atoms with Crippen LogP contribution in [-0.4, -0.2) is 33.8 Å². The zero-order chi connectivity index (χ0) is 22.5. The Kier molecular flexibility index (Phi) is 6.58. The lowest BCUT2D eigenvalue weighted by Gasteiger charge is -2.05. The van der Waals surface area contributed by atoms with E-state index in [1.165, 1.54) is 12.1 Å². The van der Waals surface area contributed by atoms with Crippen molar-refractivity contribution in [3.05, 3.63) is 75.9 Å². The summed E-state index contributed by atoms with van der Waals surface area (Å²) in [6.07, 6.45) is 1.37. The number of carbonyl (C=O) groups excluding carboxylic acids is 2. The van der Waals surface area contributed by atoms with E-state index in [4.69, 9.17) is 38.8 Å². The number of nitrogens with one attached hydrogen (secondary N) is 2. The number of carbonyl (C=O) groups is 3. The number of rotatable bonds is 6. The van der Waals surface area contributed by atoms with E-state index in [1.807, 2.05) is 0 Å². The molecule has 3 rings (SSSR count). The number of benzene rings is 2. The van der Waals surface area contributed by atoms with Crippen molar-refractivity contribution in [2.75, 3.05) is 0 Å². The minimum atomic E-state index is -1.31. The van der Waals surface area contributed by atoms with Gasteiger partial charge in [0, 0.05) is 28.6 Å². The molecule has 0 aliphatic carbocycles. The van der Waals surface area contributed by atoms with Crippen LogP contribution in [0, 0.1) is 0 Å². The van der Waals surface area contributed by atoms with Crippen molar-refractivity contribution >= 4 is 57.8 Å². The highest BCUT2D eigenvalue weighted by Gasteiger charge is 2.17. The molecule has 0 saturated carbocycles. The minimum Gasteiger partial charge on any atom is -0.478 e. The summed E-state index contributed by atoms with van der Waals surface area (Å²) in [5.74, 6) is -2.89. The summed E-state index contributed by atoms with van der Waals surface area (Å²) >= 11 is 12.1. The molecule has 0 bridgehead atoms. The number of hydrogen-bond acceptors (Lipinski definition) is 5. The van der Waals surface area contributed by atoms with Gasteiger partial charge in [-0.05, 0) is 30.3 Å². The third kappa shape index (κ3) is 5.21. The molecule has 0 aliphatic rings. The van der Waals surface area contributed by atoms with Gasteiger partial charge in [-0.25, -0.2) is 15.0 Å². The fraction of sp³-hybridized carbons (Fsp3) is 0. The minimum absolute atomic E-state index is 0.0120. The first-order chi connectivity index (χ1) is 14.8. The maximum Gasteiger partial charge on any atom is 0.336 e. The molecular formula is C20H14Cl2N4O5. The Balaban J connectivity index is 1.84. The van der Waals surface area contributed by atoms with Gasteiger partial charge in [0.2, 0.25) is 0 Å². The SMILES string of the molecule is NC(=NNC(=O)c1cc2c(OC(=O)/C=C\C(=O)O)c(Cl)ccc2[nH]1)c1ccccc1Cl. The molecule has 5 N–H and O–H groups in total. The molecule has 1 aromatic heterocycles.